The fourth-order valence-corrected chi connectivity index (χ4v) is 15.4. The summed E-state index contributed by atoms with van der Waals surface area (Å²) >= 11 is 0. The second-order valence-corrected chi connectivity index (χ2v) is 36.1. The molecule has 0 saturated carbocycles. The Balaban J connectivity index is 0.000000247. The third kappa shape index (κ3) is 27.4. The van der Waals surface area contributed by atoms with Crippen LogP contribution in [0.4, 0.5) is 40.1 Å². The molecule has 5 aromatic rings. The lowest BCUT2D eigenvalue weighted by Gasteiger charge is -2.30. The molecule has 7 N–H and O–H groups in total. The minimum Gasteiger partial charge on any atom is -0.465 e. The molecule has 4 aliphatic heterocycles. The smallest absolute Gasteiger partial charge is 0.349 e. The van der Waals surface area contributed by atoms with Crippen molar-refractivity contribution < 1.29 is 61.8 Å². The Labute approximate surface area is 693 Å². The largest absolute Gasteiger partial charge is 0.465 e. The number of benzene rings is 3. The van der Waals surface area contributed by atoms with Crippen molar-refractivity contribution in [2.24, 2.45) is 9.98 Å². The Morgan fingerprint density at radius 3 is 1.44 bits per heavy atom. The number of fused-ring (bicyclic) bond motifs is 6. The summed E-state index contributed by atoms with van der Waals surface area (Å²) in [6, 6.07) is 8.43. The van der Waals surface area contributed by atoms with Gasteiger partial charge in [-0.2, -0.15) is 4.98 Å². The third-order valence-corrected chi connectivity index (χ3v) is 20.9. The number of ether oxygens (including phenoxy) is 6. The number of anilines is 5. The van der Waals surface area contributed by atoms with Crippen LogP contribution in [0.2, 0.25) is 0 Å². The van der Waals surface area contributed by atoms with Gasteiger partial charge in [0.15, 0.2) is 33.9 Å². The number of aromatic amines is 3. The molecule has 648 valence electrons. The van der Waals surface area contributed by atoms with Crippen molar-refractivity contribution in [3.8, 4) is 11.5 Å². The molecule has 0 amide bonds. The monoisotopic (exact) mass is 1670 g/mol. The zero-order chi connectivity index (χ0) is 88.7. The molecule has 0 bridgehead atoms. The molecule has 4 atom stereocenters. The van der Waals surface area contributed by atoms with E-state index in [1.807, 2.05) is 104 Å². The van der Waals surface area contributed by atoms with Gasteiger partial charge in [0.05, 0.1) is 53.4 Å². The second kappa shape index (κ2) is 40.4. The summed E-state index contributed by atoms with van der Waals surface area (Å²) in [5.41, 5.74) is 6.28. The summed E-state index contributed by atoms with van der Waals surface area (Å²) in [6.07, 6.45) is 2.92. The number of rotatable bonds is 31. The van der Waals surface area contributed by atoms with Gasteiger partial charge in [0.1, 0.15) is 57.5 Å². The molecular formula is C84H120N17O17P. The summed E-state index contributed by atoms with van der Waals surface area (Å²) in [6.45, 7) is 47.6. The molecule has 6 heterocycles. The van der Waals surface area contributed by atoms with Gasteiger partial charge in [0.2, 0.25) is 7.44 Å². The predicted octanol–water partition coefficient (Wildman–Crippen LogP) is 7.65. The zero-order valence-electron chi connectivity index (χ0n) is 73.2. The van der Waals surface area contributed by atoms with Crippen LogP contribution >= 0.6 is 7.44 Å². The highest BCUT2D eigenvalue weighted by Crippen LogP contribution is 2.41. The number of carbonyl (C=O) groups excluding carboxylic acids is 6. The Bertz CT molecular complexity index is 5370. The van der Waals surface area contributed by atoms with Gasteiger partial charge in [-0.25, -0.2) is 39.9 Å². The number of esters is 6. The molecule has 2 aromatic heterocycles. The molecule has 3 aromatic carbocycles. The maximum absolute atomic E-state index is 13.9. The quantitative estimate of drug-likeness (QED) is 0.00721. The lowest BCUT2D eigenvalue weighted by atomic mass is 10.1. The molecule has 34 nitrogen and oxygen atoms in total. The normalized spacial score (nSPS) is 13.5. The fourth-order valence-electron chi connectivity index (χ4n) is 12.9. The molecule has 0 fully saturated rings. The first-order valence-electron chi connectivity index (χ1n) is 40.0. The number of nitrogens with zero attached hydrogens (tertiary/aromatic N) is 10. The number of unbranched alkanes of at least 4 members (excludes halogenated alkanes) is 3. The van der Waals surface area contributed by atoms with Crippen molar-refractivity contribution in [2.75, 3.05) is 74.3 Å². The van der Waals surface area contributed by atoms with Crippen LogP contribution in [0, 0.1) is 34.6 Å². The zero-order valence-corrected chi connectivity index (χ0v) is 74.0. The van der Waals surface area contributed by atoms with E-state index < -0.39 is 95.1 Å². The lowest BCUT2D eigenvalue weighted by Crippen LogP contribution is -2.47. The van der Waals surface area contributed by atoms with E-state index in [0.717, 1.165) is 56.8 Å². The molecule has 0 unspecified atom stereocenters. The molecule has 0 radical (unpaired) electrons. The molecule has 9 rings (SSSR count). The summed E-state index contributed by atoms with van der Waals surface area (Å²) in [5, 5.41) is 12.5. The first kappa shape index (κ1) is 95.5. The van der Waals surface area contributed by atoms with Gasteiger partial charge in [0.25, 0.3) is 16.7 Å². The maximum Gasteiger partial charge on any atom is 0.349 e. The Kier molecular flexibility index (Phi) is 32.4. The Morgan fingerprint density at radius 1 is 0.529 bits per heavy atom. The van der Waals surface area contributed by atoms with E-state index in [2.05, 4.69) is 78.8 Å². The van der Waals surface area contributed by atoms with Crippen LogP contribution in [0.5, 0.6) is 0 Å². The van der Waals surface area contributed by atoms with E-state index in [0.29, 0.717) is 74.0 Å². The van der Waals surface area contributed by atoms with Gasteiger partial charge in [-0.3, -0.25) is 52.7 Å². The standard InChI is InChI=1S/C29H44N7O7P.C28H39N5O5.C27H37N5O5/c1-8-42-27(38)19(4)33-44(41,34-20(5)28(39)43-9-2)15-13-11-10-12-14-36-23-17-22(35(6)7)18(3)16-21(23)30-24-25(36)31-29(40)32-26(24)37;1-16-14-20-21(15-17(16)2)33(24-23(32-20)25(35)31-18(3)30-24)13-12-29-19(26(36)38-28(7,8)9)10-11-22(34)37-27(4,5)6;1-15-12-18-20(13-16(15)2)32(23-22(31-18)24(34)30-17(3)29-23)11-10-28-19(25(35)37-27(7,8)9)14-21(33)36-26(4,5)6/h16-17,19-20H,8-15H2,1-7H3,(H,32,37,40)(H2,33,34,41);14-15,19,29H,3,10-13H2,1-2,4-9H3,(H,31,35);12-13,19,28H,3,10-11,14H2,1-2,4-9H3,(H,30,34)/t19-,20-;2*19-/m000/s1. The van der Waals surface area contributed by atoms with Crippen LogP contribution in [0.3, 0.4) is 0 Å². The van der Waals surface area contributed by atoms with Crippen molar-refractivity contribution in [3.05, 3.63) is 127 Å². The number of nitrogens with one attached hydrogen (secondary N) is 7. The highest BCUT2D eigenvalue weighted by molar-refractivity contribution is 7.59. The fraction of sp³-hybridized carbons (Fsp3) is 0.548. The molecule has 0 aliphatic carbocycles. The van der Waals surface area contributed by atoms with Gasteiger partial charge >= 0.3 is 41.5 Å². The van der Waals surface area contributed by atoms with E-state index in [1.165, 1.54) is 0 Å². The minimum absolute atomic E-state index is 0.0582. The van der Waals surface area contributed by atoms with Crippen LogP contribution < -0.4 is 79.5 Å². The van der Waals surface area contributed by atoms with E-state index in [4.69, 9.17) is 28.4 Å². The number of carbonyl (C=O) groups is 6. The van der Waals surface area contributed by atoms with Crippen LogP contribution in [0.15, 0.2) is 65.6 Å². The molecule has 0 spiro atoms. The summed E-state index contributed by atoms with van der Waals surface area (Å²) in [5.74, 6) is -1.95. The van der Waals surface area contributed by atoms with Crippen LogP contribution in [-0.2, 0) is 68.3 Å². The van der Waals surface area contributed by atoms with Crippen LogP contribution in [0.25, 0.3) is 35.7 Å². The van der Waals surface area contributed by atoms with Gasteiger partial charge in [-0.15, -0.1) is 0 Å². The lowest BCUT2D eigenvalue weighted by molar-refractivity contribution is -0.164. The number of H-pyrrole nitrogens is 3. The highest BCUT2D eigenvalue weighted by atomic mass is 31.2. The number of hydrogen-bond acceptors (Lipinski definition) is 28. The van der Waals surface area contributed by atoms with Crippen LogP contribution in [-0.4, -0.2) is 181 Å². The van der Waals surface area contributed by atoms with Crippen molar-refractivity contribution in [2.45, 2.75) is 243 Å². The summed E-state index contributed by atoms with van der Waals surface area (Å²) in [4.78, 5) is 165. The molecule has 35 heteroatoms. The molecular weight excluding hydrogens is 1550 g/mol. The minimum atomic E-state index is -3.39. The van der Waals surface area contributed by atoms with E-state index in [1.54, 1.807) is 111 Å². The molecule has 0 saturated heterocycles. The summed E-state index contributed by atoms with van der Waals surface area (Å²) < 4.78 is 47.8. The van der Waals surface area contributed by atoms with E-state index in [9.17, 15) is 52.5 Å². The van der Waals surface area contributed by atoms with E-state index >= 15 is 0 Å². The first-order valence-corrected chi connectivity index (χ1v) is 41.9. The highest BCUT2D eigenvalue weighted by Gasteiger charge is 2.35. The van der Waals surface area contributed by atoms with Gasteiger partial charge < -0.3 is 68.3 Å². The van der Waals surface area contributed by atoms with Gasteiger partial charge in [0, 0.05) is 65.1 Å². The second-order valence-electron chi connectivity index (χ2n) is 33.7. The number of aromatic nitrogens is 8. The third-order valence-electron chi connectivity index (χ3n) is 18.4. The van der Waals surface area contributed by atoms with E-state index in [-0.39, 0.29) is 95.5 Å². The number of aryl methyl sites for hydroxylation is 6. The van der Waals surface area contributed by atoms with Gasteiger partial charge in [-0.1, -0.05) is 26.0 Å². The van der Waals surface area contributed by atoms with Crippen LogP contribution in [0.1, 0.15) is 184 Å². The Hall–Kier alpha value is -10.7. The van der Waals surface area contributed by atoms with Gasteiger partial charge in [-0.05, 0) is 229 Å². The number of hydrogen-bond donors (Lipinski definition) is 7. The average Bonchev–Trinajstić information content (AvgIpc) is 0.764. The topological polar surface area (TPSA) is 430 Å². The van der Waals surface area contributed by atoms with Crippen molar-refractivity contribution in [3.63, 3.8) is 0 Å². The maximum atomic E-state index is 13.9. The predicted molar refractivity (Wildman–Crippen MR) is 458 cm³/mol. The average molecular weight is 1670 g/mol. The first-order chi connectivity index (χ1) is 55.4. The van der Waals surface area contributed by atoms with Crippen molar-refractivity contribution >= 4 is 108 Å². The SMILES string of the molecule is C=c1nc2c(c(=O)[nH]1)=Nc1cc(C)c(C)cc1N2CCN[C@@H](CC(=O)OC(C)(C)C)C(=O)OC(C)(C)C.C=c1nc2c(c(=O)[nH]1)=Nc1cc(C)c(C)cc1N2CCN[C@@H](CCC(=O)OC(C)(C)C)C(=O)OC(C)(C)C.CCOC(=O)[C@H](C)NP(=O)(CCCCCCn1c2nc(=O)[nH]c(=O)c-2nc2cc(C)c(N(C)C)cc21)N[C@@H](C)C(=O)OCC. The van der Waals surface area contributed by atoms with Crippen molar-refractivity contribution in [1.29, 1.82) is 0 Å². The Morgan fingerprint density at radius 2 is 0.975 bits per heavy atom. The van der Waals surface area contributed by atoms with Crippen molar-refractivity contribution in [1.82, 2.24) is 60.3 Å². The molecule has 119 heavy (non-hydrogen) atoms. The molecule has 4 aliphatic rings. The summed E-state index contributed by atoms with van der Waals surface area (Å²) in [7, 11) is 0.487.